The summed E-state index contributed by atoms with van der Waals surface area (Å²) in [7, 11) is 0. The van der Waals surface area contributed by atoms with Crippen molar-refractivity contribution in [3.05, 3.63) is 148 Å². The lowest BCUT2D eigenvalue weighted by Gasteiger charge is -2.37. The van der Waals surface area contributed by atoms with Crippen LogP contribution in [0.1, 0.15) is 189 Å². The SMILES string of the molecule is C=C(N=C(O)C(=C)N=C(O)c1csc(C2=NC3c4csc(n4)C4N=C(O)c5csc(n5)C(C(C)(O)C(C)O)N=C(O)C5CSC(=N5)C(=CC)N=C(O)C(C(C)O)N=C(O)c5csc(n5)[C@]3(CC2)N=C(O)C(C)N=C(O)C(=C)N=C(O)C(C)N=C(O)C(C(C)CC)NC2C=Cc3c(C(C)O)cc(nc3C2O)C(=O)OC4C)n1)C(=N)O. The maximum absolute atomic E-state index is 15.1. The van der Waals surface area contributed by atoms with E-state index in [-0.39, 0.29) is 94.7 Å². The summed E-state index contributed by atoms with van der Waals surface area (Å²) in [5, 5.41) is 201. The van der Waals surface area contributed by atoms with E-state index in [1.165, 1.54) is 82.1 Å². The Labute approximate surface area is 671 Å². The van der Waals surface area contributed by atoms with Crippen molar-refractivity contribution in [1.82, 2.24) is 30.2 Å². The zero-order valence-electron chi connectivity index (χ0n) is 62.8. The van der Waals surface area contributed by atoms with Gasteiger partial charge in [0.25, 0.3) is 0 Å². The second kappa shape index (κ2) is 35.5. The van der Waals surface area contributed by atoms with Gasteiger partial charge in [-0.2, -0.15) is 0 Å². The highest BCUT2D eigenvalue weighted by atomic mass is 32.2. The smallest absolute Gasteiger partial charge is 0.357 e. The average Bonchev–Trinajstić information content (AvgIpc) is 1.50. The summed E-state index contributed by atoms with van der Waals surface area (Å²) in [5.41, 5.74) is -6.70. The van der Waals surface area contributed by atoms with Gasteiger partial charge >= 0.3 is 5.97 Å². The predicted molar refractivity (Wildman–Crippen MR) is 438 cm³/mol. The number of thioether (sulfide) groups is 1. The highest BCUT2D eigenvalue weighted by Gasteiger charge is 2.50. The molecule has 10 rings (SSSR count). The van der Waals surface area contributed by atoms with Gasteiger partial charge in [-0.25, -0.2) is 79.6 Å². The van der Waals surface area contributed by atoms with Crippen LogP contribution in [-0.4, -0.2) is 254 Å². The van der Waals surface area contributed by atoms with Crippen molar-refractivity contribution in [3.63, 3.8) is 0 Å². The first-order chi connectivity index (χ1) is 53.7. The van der Waals surface area contributed by atoms with E-state index in [2.05, 4.69) is 84.9 Å². The highest BCUT2D eigenvalue weighted by molar-refractivity contribution is 8.14. The Bertz CT molecular complexity index is 5060. The molecule has 37 nitrogen and oxygen atoms in total. The number of aliphatic hydroxyl groups is 16. The van der Waals surface area contributed by atoms with Crippen molar-refractivity contribution in [3.8, 4) is 0 Å². The molecule has 17 atom stereocenters. The van der Waals surface area contributed by atoms with Crippen molar-refractivity contribution in [2.75, 3.05) is 5.75 Å². The first-order valence-electron chi connectivity index (χ1n) is 35.3. The number of esters is 1. The number of cyclic esters (lactones) is 1. The van der Waals surface area contributed by atoms with Crippen LogP contribution in [0.4, 0.5) is 0 Å². The van der Waals surface area contributed by atoms with Crippen LogP contribution in [0.2, 0.25) is 0 Å². The molecule has 0 aromatic carbocycles. The fourth-order valence-electron chi connectivity index (χ4n) is 11.9. The molecule has 13 bridgehead atoms. The van der Waals surface area contributed by atoms with Crippen LogP contribution in [0.15, 0.2) is 142 Å². The lowest BCUT2D eigenvalue weighted by Crippen LogP contribution is -2.49. The molecule has 114 heavy (non-hydrogen) atoms. The Balaban J connectivity index is 1.25. The highest BCUT2D eigenvalue weighted by Crippen LogP contribution is 2.51. The lowest BCUT2D eigenvalue weighted by molar-refractivity contribution is -0.0698. The number of thiazole rings is 4. The van der Waals surface area contributed by atoms with Crippen molar-refractivity contribution in [2.24, 2.45) is 65.8 Å². The molecule has 1 aliphatic carbocycles. The molecular formula is C72H85N19O18S5. The molecule has 42 heteroatoms. The minimum atomic E-state index is -2.20. The number of nitrogens with zero attached hydrogens (tertiary/aromatic N) is 17. The third-order valence-electron chi connectivity index (χ3n) is 18.9. The molecule has 5 aromatic heterocycles. The molecule has 5 aromatic rings. The number of pyridine rings is 1. The number of aliphatic imine (C=N–C) groups is 12. The molecule has 0 saturated heterocycles. The fourth-order valence-corrected chi connectivity index (χ4v) is 16.7. The summed E-state index contributed by atoms with van der Waals surface area (Å²) in [6.45, 7) is 25.2. The number of hydrogen-bond donors (Lipinski definition) is 18. The average molecular weight is 1660 g/mol. The van der Waals surface area contributed by atoms with E-state index in [0.29, 0.717) is 6.42 Å². The van der Waals surface area contributed by atoms with Crippen LogP contribution >= 0.6 is 57.1 Å². The summed E-state index contributed by atoms with van der Waals surface area (Å²) in [4.78, 5) is 91.8. The Morgan fingerprint density at radius 3 is 2.13 bits per heavy atom. The second-order valence-electron chi connectivity index (χ2n) is 27.2. The Hall–Kier alpha value is -10.5. The number of aliphatic hydroxyl groups excluding tert-OH is 15. The van der Waals surface area contributed by atoms with Gasteiger partial charge in [0.2, 0.25) is 59.0 Å². The van der Waals surface area contributed by atoms with Crippen LogP contribution in [0.25, 0.3) is 6.08 Å². The molecule has 0 saturated carbocycles. The fraction of sp³-hybridized carbons (Fsp3) is 0.431. The van der Waals surface area contributed by atoms with E-state index in [4.69, 9.17) is 35.1 Å². The van der Waals surface area contributed by atoms with Gasteiger partial charge in [-0.15, -0.1) is 57.1 Å². The third-order valence-corrected chi connectivity index (χ3v) is 23.7. The molecule has 0 spiro atoms. The normalized spacial score (nSPS) is 27.3. The van der Waals surface area contributed by atoms with Gasteiger partial charge in [0.05, 0.1) is 53.2 Å². The second-order valence-corrected chi connectivity index (χ2v) is 31.7. The molecule has 5 aliphatic rings. The molecule has 0 amide bonds. The van der Waals surface area contributed by atoms with Gasteiger partial charge in [-0.3, -0.25) is 20.7 Å². The largest absolute Gasteiger partial charge is 0.495 e. The van der Waals surface area contributed by atoms with Crippen LogP contribution in [0.3, 0.4) is 0 Å². The first-order valence-corrected chi connectivity index (χ1v) is 39.8. The maximum atomic E-state index is 15.1. The van der Waals surface area contributed by atoms with E-state index >= 15 is 4.79 Å². The Morgan fingerprint density at radius 2 is 1.46 bits per heavy atom. The van der Waals surface area contributed by atoms with Crippen molar-refractivity contribution >= 4 is 145 Å². The number of aromatic nitrogens is 5. The van der Waals surface area contributed by atoms with Crippen LogP contribution in [-0.2, 0) is 10.3 Å². The van der Waals surface area contributed by atoms with Crippen LogP contribution in [0, 0.1) is 11.3 Å². The summed E-state index contributed by atoms with van der Waals surface area (Å²) >= 11 is 4.59. The number of carbonyl (C=O) groups is 1. The van der Waals surface area contributed by atoms with Gasteiger partial charge in [0.15, 0.2) is 11.9 Å². The van der Waals surface area contributed by atoms with Crippen LogP contribution in [0.5, 0.6) is 0 Å². The molecule has 18 N–H and O–H groups in total. The van der Waals surface area contributed by atoms with E-state index < -0.39 is 196 Å². The van der Waals surface area contributed by atoms with E-state index in [9.17, 15) is 81.7 Å². The quantitative estimate of drug-likeness (QED) is 0.0314. The standard InChI is InChI=1S/C72H85N19O18S5/c1-14-26(3)47-63(105)78-30(7)57(99)75-28(5)56(98)76-31(8)58(100)91-72-19-18-40(66-85-43(22-111-66)59(101)77-29(6)55(97)74-27(4)54(73)96)81-52(72)42-21-112-67(83-42)49(34(11)109-69(107)41-20-37(32(9)92)36-16-17-39(79-47)51(95)50(36)80-41)89-60(102)44-24-113-68(86-44)53(71(13,108)35(12)94)90-62(104)45-23-110-65(84-45)38(15-2)82-64(106)48(33(10)93)88-61(103)46-25-114-70(72)87-46/h15-17,20-22,24-26,30-35,39,45,47-49,51-53,79,92-95,108H,4-6,14,18-19,23H2,1-3,7-13H3,(H2,73,96)(H,74,97)(H,75,99)(H,76,98)(H,77,101)(H,78,105)(H,82,106)(H,88,103)(H,89,102)(H,90,104)(H,91,100)/t26?,30?,31?,32?,33?,34?,35?,39?,45?,47?,48?,49?,51?,52?,53?,71?,72-/m1/s1. The minimum absolute atomic E-state index is 0.0242. The zero-order valence-corrected chi connectivity index (χ0v) is 66.9. The minimum Gasteiger partial charge on any atom is -0.495 e. The monoisotopic (exact) mass is 1660 g/mol. The van der Waals surface area contributed by atoms with E-state index in [0.717, 1.165) is 57.1 Å². The number of fused-ring (bicyclic) bond motifs is 7. The number of hydrogen-bond acceptors (Lipinski definition) is 31. The topological polar surface area (TPSA) is 599 Å². The van der Waals surface area contributed by atoms with Crippen molar-refractivity contribution in [2.45, 2.75) is 185 Å². The van der Waals surface area contributed by atoms with Crippen molar-refractivity contribution < 1.29 is 91.2 Å². The number of ether oxygens (including phenoxy) is 1. The first kappa shape index (κ1) is 85.9. The van der Waals surface area contributed by atoms with Gasteiger partial charge in [-0.05, 0) is 85.8 Å². The molecule has 9 heterocycles. The van der Waals surface area contributed by atoms with Crippen LogP contribution < -0.4 is 5.32 Å². The molecule has 0 radical (unpaired) electrons. The molecular weight excluding hydrogens is 1580 g/mol. The number of allylic oxidation sites excluding steroid dienone is 1. The maximum Gasteiger partial charge on any atom is 0.357 e. The third kappa shape index (κ3) is 18.6. The van der Waals surface area contributed by atoms with Crippen molar-refractivity contribution in [1.29, 1.82) is 5.41 Å². The molecule has 606 valence electrons. The van der Waals surface area contributed by atoms with Gasteiger partial charge in [0.1, 0.15) is 125 Å². The summed E-state index contributed by atoms with van der Waals surface area (Å²) in [5.74, 6) is -10.6. The van der Waals surface area contributed by atoms with Gasteiger partial charge < -0.3 is 86.4 Å². The lowest BCUT2D eigenvalue weighted by atomic mass is 9.81. The molecule has 4 aliphatic heterocycles. The summed E-state index contributed by atoms with van der Waals surface area (Å²) in [6.07, 6.45) is -2.92. The zero-order chi connectivity index (χ0) is 83.4. The van der Waals surface area contributed by atoms with E-state index in [1.54, 1.807) is 26.0 Å². The molecule has 0 fully saturated rings. The van der Waals surface area contributed by atoms with E-state index in [1.807, 2.05) is 6.92 Å². The Morgan fingerprint density at radius 1 is 0.772 bits per heavy atom. The number of carbonyl (C=O) groups excluding carboxylic acids is 1. The molecule has 16 unspecified atom stereocenters. The van der Waals surface area contributed by atoms with Gasteiger partial charge in [-0.1, -0.05) is 58.2 Å². The Kier molecular flexibility index (Phi) is 26.7. The van der Waals surface area contributed by atoms with Gasteiger partial charge in [0, 0.05) is 32.8 Å². The number of nitrogens with one attached hydrogen (secondary N) is 2. The number of rotatable bonds is 12. The predicted octanol–water partition coefficient (Wildman–Crippen LogP) is 9.43. The summed E-state index contributed by atoms with van der Waals surface area (Å²) < 4.78 is 6.28. The summed E-state index contributed by atoms with van der Waals surface area (Å²) in [6, 6.07) is -11.4.